The third-order valence-electron chi connectivity index (χ3n) is 4.03. The van der Waals surface area contributed by atoms with Crippen LogP contribution in [-0.2, 0) is 11.2 Å². The van der Waals surface area contributed by atoms with E-state index in [0.29, 0.717) is 19.1 Å². The highest BCUT2D eigenvalue weighted by atomic mass is 16.5. The van der Waals surface area contributed by atoms with Crippen LogP contribution in [0.2, 0.25) is 0 Å². The second-order valence-corrected chi connectivity index (χ2v) is 5.56. The Balaban J connectivity index is 1.51. The summed E-state index contributed by atoms with van der Waals surface area (Å²) in [6.45, 7) is 1.13. The van der Waals surface area contributed by atoms with Gasteiger partial charge in [-0.25, -0.2) is 0 Å². The second kappa shape index (κ2) is 5.21. The fourth-order valence-corrected chi connectivity index (χ4v) is 2.75. The standard InChI is InChI=1S/C15H19NO3/c17-13-5-10(6-13)8-16-15(18)12-7-11-3-1-2-4-14(11)19-9-12/h1-4,10,12-13,17H,5-9H2,(H,16,18). The van der Waals surface area contributed by atoms with Gasteiger partial charge in [0, 0.05) is 6.54 Å². The highest BCUT2D eigenvalue weighted by molar-refractivity contribution is 5.79. The molecule has 1 unspecified atom stereocenters. The van der Waals surface area contributed by atoms with E-state index in [4.69, 9.17) is 4.74 Å². The zero-order chi connectivity index (χ0) is 13.2. The van der Waals surface area contributed by atoms with Gasteiger partial charge in [0.1, 0.15) is 12.4 Å². The van der Waals surface area contributed by atoms with Crippen LogP contribution in [0.5, 0.6) is 5.75 Å². The summed E-state index contributed by atoms with van der Waals surface area (Å²) in [4.78, 5) is 12.1. The molecule has 19 heavy (non-hydrogen) atoms. The fraction of sp³-hybridized carbons (Fsp3) is 0.533. The van der Waals surface area contributed by atoms with Gasteiger partial charge >= 0.3 is 0 Å². The summed E-state index contributed by atoms with van der Waals surface area (Å²) in [5, 5.41) is 12.2. The summed E-state index contributed by atoms with van der Waals surface area (Å²) in [6, 6.07) is 7.87. The number of carbonyl (C=O) groups is 1. The Bertz CT molecular complexity index is 468. The van der Waals surface area contributed by atoms with Gasteiger partial charge in [0.2, 0.25) is 5.91 Å². The summed E-state index contributed by atoms with van der Waals surface area (Å²) < 4.78 is 5.62. The molecule has 1 aromatic rings. The molecule has 1 atom stereocenters. The predicted molar refractivity (Wildman–Crippen MR) is 70.9 cm³/mol. The Kier molecular flexibility index (Phi) is 3.42. The molecule has 2 aliphatic rings. The molecule has 1 aliphatic heterocycles. The summed E-state index contributed by atoms with van der Waals surface area (Å²) in [6.07, 6.45) is 2.20. The minimum Gasteiger partial charge on any atom is -0.492 e. The molecule has 102 valence electrons. The van der Waals surface area contributed by atoms with E-state index in [9.17, 15) is 9.90 Å². The molecule has 1 amide bonds. The third-order valence-corrected chi connectivity index (χ3v) is 4.03. The Morgan fingerprint density at radius 1 is 1.37 bits per heavy atom. The lowest BCUT2D eigenvalue weighted by molar-refractivity contribution is -0.126. The van der Waals surface area contributed by atoms with Gasteiger partial charge in [0.25, 0.3) is 0 Å². The molecule has 1 saturated carbocycles. The van der Waals surface area contributed by atoms with Crippen LogP contribution in [0.15, 0.2) is 24.3 Å². The first-order valence-corrected chi connectivity index (χ1v) is 6.89. The topological polar surface area (TPSA) is 58.6 Å². The molecule has 3 rings (SSSR count). The van der Waals surface area contributed by atoms with Gasteiger partial charge in [-0.1, -0.05) is 18.2 Å². The van der Waals surface area contributed by atoms with Crippen molar-refractivity contribution in [2.45, 2.75) is 25.4 Å². The SMILES string of the molecule is O=C(NCC1CC(O)C1)C1COc2ccccc2C1. The van der Waals surface area contributed by atoms with Crippen molar-refractivity contribution in [3.63, 3.8) is 0 Å². The minimum absolute atomic E-state index is 0.0656. The van der Waals surface area contributed by atoms with Gasteiger partial charge in [-0.2, -0.15) is 0 Å². The number of hydrogen-bond acceptors (Lipinski definition) is 3. The lowest BCUT2D eigenvalue weighted by Gasteiger charge is -2.32. The van der Waals surface area contributed by atoms with Crippen LogP contribution in [0.1, 0.15) is 18.4 Å². The first kappa shape index (κ1) is 12.5. The number of para-hydroxylation sites is 1. The van der Waals surface area contributed by atoms with Crippen molar-refractivity contribution < 1.29 is 14.6 Å². The van der Waals surface area contributed by atoms with Gasteiger partial charge in [0.15, 0.2) is 0 Å². The van der Waals surface area contributed by atoms with E-state index < -0.39 is 0 Å². The van der Waals surface area contributed by atoms with Crippen LogP contribution in [-0.4, -0.2) is 30.3 Å². The maximum atomic E-state index is 12.1. The Morgan fingerprint density at radius 3 is 2.95 bits per heavy atom. The van der Waals surface area contributed by atoms with Gasteiger partial charge in [-0.3, -0.25) is 4.79 Å². The Labute approximate surface area is 112 Å². The van der Waals surface area contributed by atoms with Crippen LogP contribution in [0.3, 0.4) is 0 Å². The first-order chi connectivity index (χ1) is 9.22. The third kappa shape index (κ3) is 2.73. The molecule has 0 spiro atoms. The van der Waals surface area contributed by atoms with Crippen LogP contribution in [0.4, 0.5) is 0 Å². The number of hydrogen-bond donors (Lipinski definition) is 2. The maximum absolute atomic E-state index is 12.1. The van der Waals surface area contributed by atoms with Crippen molar-refractivity contribution in [2.24, 2.45) is 11.8 Å². The number of rotatable bonds is 3. The fourth-order valence-electron chi connectivity index (χ4n) is 2.75. The van der Waals surface area contributed by atoms with E-state index in [-0.39, 0.29) is 17.9 Å². The molecule has 4 heteroatoms. The summed E-state index contributed by atoms with van der Waals surface area (Å²) in [7, 11) is 0. The molecular weight excluding hydrogens is 242 g/mol. The van der Waals surface area contributed by atoms with E-state index >= 15 is 0 Å². The van der Waals surface area contributed by atoms with E-state index in [0.717, 1.165) is 30.6 Å². The number of fused-ring (bicyclic) bond motifs is 1. The first-order valence-electron chi connectivity index (χ1n) is 6.89. The molecular formula is C15H19NO3. The molecule has 4 nitrogen and oxygen atoms in total. The largest absolute Gasteiger partial charge is 0.492 e. The van der Waals surface area contributed by atoms with E-state index in [1.165, 1.54) is 0 Å². The monoisotopic (exact) mass is 261 g/mol. The van der Waals surface area contributed by atoms with Crippen LogP contribution >= 0.6 is 0 Å². The van der Waals surface area contributed by atoms with E-state index in [1.807, 2.05) is 24.3 Å². The van der Waals surface area contributed by atoms with Crippen molar-refractivity contribution in [3.8, 4) is 5.75 Å². The molecule has 1 aliphatic carbocycles. The number of aliphatic hydroxyl groups is 1. The summed E-state index contributed by atoms with van der Waals surface area (Å²) in [5.74, 6) is 1.31. The van der Waals surface area contributed by atoms with Crippen molar-refractivity contribution in [2.75, 3.05) is 13.2 Å². The summed E-state index contributed by atoms with van der Waals surface area (Å²) in [5.41, 5.74) is 1.10. The highest BCUT2D eigenvalue weighted by Gasteiger charge is 2.29. The predicted octanol–water partition coefficient (Wildman–Crippen LogP) is 1.12. The highest BCUT2D eigenvalue weighted by Crippen LogP contribution is 2.28. The number of aliphatic hydroxyl groups excluding tert-OH is 1. The molecule has 0 bridgehead atoms. The van der Waals surface area contributed by atoms with Crippen LogP contribution < -0.4 is 10.1 Å². The van der Waals surface area contributed by atoms with Gasteiger partial charge < -0.3 is 15.2 Å². The van der Waals surface area contributed by atoms with Gasteiger partial charge in [-0.15, -0.1) is 0 Å². The number of nitrogens with one attached hydrogen (secondary N) is 1. The lowest BCUT2D eigenvalue weighted by atomic mass is 9.82. The quantitative estimate of drug-likeness (QED) is 0.857. The molecule has 0 saturated heterocycles. The summed E-state index contributed by atoms with van der Waals surface area (Å²) >= 11 is 0. The molecule has 2 N–H and O–H groups in total. The lowest BCUT2D eigenvalue weighted by Crippen LogP contribution is -2.43. The van der Waals surface area contributed by atoms with Crippen molar-refractivity contribution in [1.29, 1.82) is 0 Å². The number of ether oxygens (including phenoxy) is 1. The Hall–Kier alpha value is -1.55. The molecule has 1 heterocycles. The zero-order valence-electron chi connectivity index (χ0n) is 10.8. The van der Waals surface area contributed by atoms with Crippen LogP contribution in [0, 0.1) is 11.8 Å². The molecule has 0 aromatic heterocycles. The normalized spacial score (nSPS) is 28.8. The van der Waals surface area contributed by atoms with Crippen molar-refractivity contribution >= 4 is 5.91 Å². The smallest absolute Gasteiger partial charge is 0.226 e. The minimum atomic E-state index is -0.160. The average Bonchev–Trinajstić information content (AvgIpc) is 2.41. The molecule has 1 fully saturated rings. The maximum Gasteiger partial charge on any atom is 0.226 e. The Morgan fingerprint density at radius 2 is 2.16 bits per heavy atom. The van der Waals surface area contributed by atoms with Crippen LogP contribution in [0.25, 0.3) is 0 Å². The molecule has 1 aromatic carbocycles. The average molecular weight is 261 g/mol. The number of benzene rings is 1. The van der Waals surface area contributed by atoms with Crippen molar-refractivity contribution in [1.82, 2.24) is 5.32 Å². The molecule has 0 radical (unpaired) electrons. The van der Waals surface area contributed by atoms with Gasteiger partial charge in [-0.05, 0) is 36.8 Å². The second-order valence-electron chi connectivity index (χ2n) is 5.56. The van der Waals surface area contributed by atoms with E-state index in [2.05, 4.69) is 5.32 Å². The zero-order valence-corrected chi connectivity index (χ0v) is 10.8. The van der Waals surface area contributed by atoms with Crippen molar-refractivity contribution in [3.05, 3.63) is 29.8 Å². The van der Waals surface area contributed by atoms with E-state index in [1.54, 1.807) is 0 Å². The number of amides is 1. The number of carbonyl (C=O) groups excluding carboxylic acids is 1. The van der Waals surface area contributed by atoms with Gasteiger partial charge in [0.05, 0.1) is 12.0 Å².